The molecule has 0 spiro atoms. The summed E-state index contributed by atoms with van der Waals surface area (Å²) in [5, 5.41) is 15.0. The van der Waals surface area contributed by atoms with E-state index < -0.39 is 18.0 Å². The number of hydrogen-bond acceptors (Lipinski definition) is 6. The zero-order valence-electron chi connectivity index (χ0n) is 25.3. The lowest BCUT2D eigenvalue weighted by Gasteiger charge is -2.39. The Balaban J connectivity index is 1.65. The third kappa shape index (κ3) is 6.85. The molecule has 5 N–H and O–H groups in total. The predicted molar refractivity (Wildman–Crippen MR) is 164 cm³/mol. The molecule has 43 heavy (non-hydrogen) atoms. The molecule has 0 bridgehead atoms. The first-order valence-electron chi connectivity index (χ1n) is 14.4. The second-order valence-electron chi connectivity index (χ2n) is 12.5. The van der Waals surface area contributed by atoms with Crippen LogP contribution in [0.15, 0.2) is 24.8 Å². The third-order valence-corrected chi connectivity index (χ3v) is 8.38. The monoisotopic (exact) mass is 618 g/mol. The van der Waals surface area contributed by atoms with Gasteiger partial charge in [-0.05, 0) is 49.5 Å². The molecule has 0 radical (unpaired) electrons. The van der Waals surface area contributed by atoms with Crippen LogP contribution in [0.4, 0.5) is 14.5 Å². The minimum absolute atomic E-state index is 0.0181. The van der Waals surface area contributed by atoms with Gasteiger partial charge in [-0.25, -0.2) is 13.8 Å². The highest BCUT2D eigenvalue weighted by atomic mass is 35.5. The van der Waals surface area contributed by atoms with Gasteiger partial charge in [0.05, 0.1) is 12.6 Å². The summed E-state index contributed by atoms with van der Waals surface area (Å²) in [7, 11) is 0. The third-order valence-electron chi connectivity index (χ3n) is 8.07. The summed E-state index contributed by atoms with van der Waals surface area (Å²) < 4.78 is 30.4. The Morgan fingerprint density at radius 3 is 2.49 bits per heavy atom. The Bertz CT molecular complexity index is 1410. The number of benzene rings is 1. The number of nitrogen functional groups attached to an aromatic ring is 1. The van der Waals surface area contributed by atoms with Crippen molar-refractivity contribution < 1.29 is 18.4 Å². The Hall–Kier alpha value is -3.51. The molecule has 2 saturated heterocycles. The van der Waals surface area contributed by atoms with E-state index in [0.717, 1.165) is 12.1 Å². The van der Waals surface area contributed by atoms with Gasteiger partial charge in [0.2, 0.25) is 5.91 Å². The number of carbonyl (C=O) groups excluding carboxylic acids is 2. The van der Waals surface area contributed by atoms with Crippen LogP contribution in [-0.2, 0) is 16.8 Å². The van der Waals surface area contributed by atoms with Gasteiger partial charge in [0, 0.05) is 54.5 Å². The molecule has 1 atom stereocenters. The molecular formula is C30H41ClF2N8O2. The van der Waals surface area contributed by atoms with E-state index in [0.29, 0.717) is 29.2 Å². The van der Waals surface area contributed by atoms with Gasteiger partial charge >= 0.3 is 0 Å². The van der Waals surface area contributed by atoms with Crippen molar-refractivity contribution in [2.75, 3.05) is 31.9 Å². The zero-order valence-corrected chi connectivity index (χ0v) is 26.1. The molecule has 2 fully saturated rings. The molecule has 4 rings (SSSR count). The van der Waals surface area contributed by atoms with Gasteiger partial charge in [-0.2, -0.15) is 0 Å². The molecule has 1 aromatic carbocycles. The number of halogens is 3. The van der Waals surface area contributed by atoms with Crippen LogP contribution in [-0.4, -0.2) is 75.3 Å². The standard InChI is InChI=1S/C30H41ClF2N8O2/c1-7-24(42)40-13-17(14-40)37-29(43)26-25(27(32)33)38-23(41(26)18-8-9-39(15-18)16(2)3)12-36-28(35)19-10-20(30(4,5)6)21(31)11-22(19)34/h7,10-11,16-18,27H,1,8-9,12-15,34H2,2-6H3,(H2,35,36)(H,37,43). The first-order valence-corrected chi connectivity index (χ1v) is 14.8. The van der Waals surface area contributed by atoms with Crippen molar-refractivity contribution in [2.45, 2.75) is 77.6 Å². The average Bonchev–Trinajstić information content (AvgIpc) is 3.53. The zero-order chi connectivity index (χ0) is 31.8. The summed E-state index contributed by atoms with van der Waals surface area (Å²) in [6, 6.07) is 2.96. The number of amides is 2. The van der Waals surface area contributed by atoms with Crippen LogP contribution in [0.25, 0.3) is 0 Å². The van der Waals surface area contributed by atoms with Crippen molar-refractivity contribution >= 4 is 34.9 Å². The summed E-state index contributed by atoms with van der Waals surface area (Å²) in [5.41, 5.74) is 6.66. The quantitative estimate of drug-likeness (QED) is 0.144. The van der Waals surface area contributed by atoms with E-state index in [1.54, 1.807) is 16.7 Å². The van der Waals surface area contributed by atoms with Crippen LogP contribution in [0.5, 0.6) is 0 Å². The number of nitrogens with zero attached hydrogens (tertiary/aromatic N) is 4. The lowest BCUT2D eigenvalue weighted by atomic mass is 9.85. The van der Waals surface area contributed by atoms with Gasteiger partial charge in [-0.1, -0.05) is 39.0 Å². The molecule has 234 valence electrons. The van der Waals surface area contributed by atoms with Crippen LogP contribution < -0.4 is 16.4 Å². The van der Waals surface area contributed by atoms with E-state index in [-0.39, 0.29) is 66.4 Å². The maximum atomic E-state index is 14.4. The van der Waals surface area contributed by atoms with Crippen molar-refractivity contribution in [3.05, 3.63) is 58.1 Å². The van der Waals surface area contributed by atoms with Crippen LogP contribution in [0.1, 0.15) is 86.6 Å². The van der Waals surface area contributed by atoms with Crippen molar-refractivity contribution in [3.63, 3.8) is 0 Å². The molecule has 2 aliphatic heterocycles. The molecule has 1 aromatic heterocycles. The van der Waals surface area contributed by atoms with Gasteiger partial charge in [-0.3, -0.25) is 19.9 Å². The number of rotatable bonds is 9. The second kappa shape index (κ2) is 12.6. The topological polar surface area (TPSA) is 132 Å². The molecule has 2 aromatic rings. The molecule has 10 nitrogen and oxygen atoms in total. The molecule has 0 aliphatic carbocycles. The van der Waals surface area contributed by atoms with Crippen LogP contribution in [0.3, 0.4) is 0 Å². The van der Waals surface area contributed by atoms with E-state index in [1.807, 2.05) is 20.8 Å². The van der Waals surface area contributed by atoms with Gasteiger partial charge < -0.3 is 25.8 Å². The predicted octanol–water partition coefficient (Wildman–Crippen LogP) is 4.25. The number of nitrogens with two attached hydrogens (primary N) is 1. The van der Waals surface area contributed by atoms with E-state index in [4.69, 9.17) is 22.7 Å². The molecule has 3 heterocycles. The van der Waals surface area contributed by atoms with E-state index in [2.05, 4.69) is 40.9 Å². The van der Waals surface area contributed by atoms with Gasteiger partial charge in [0.15, 0.2) is 0 Å². The second-order valence-corrected chi connectivity index (χ2v) is 12.9. The minimum Gasteiger partial charge on any atom is -0.398 e. The van der Waals surface area contributed by atoms with E-state index in [9.17, 15) is 18.4 Å². The van der Waals surface area contributed by atoms with Gasteiger partial charge in [0.1, 0.15) is 23.0 Å². The van der Waals surface area contributed by atoms with Crippen LogP contribution >= 0.6 is 11.6 Å². The number of imidazole rings is 1. The lowest BCUT2D eigenvalue weighted by molar-refractivity contribution is -0.130. The van der Waals surface area contributed by atoms with Crippen LogP contribution in [0.2, 0.25) is 5.02 Å². The first-order chi connectivity index (χ1) is 20.1. The van der Waals surface area contributed by atoms with E-state index >= 15 is 0 Å². The van der Waals surface area contributed by atoms with Crippen molar-refractivity contribution in [2.24, 2.45) is 0 Å². The van der Waals surface area contributed by atoms with Crippen molar-refractivity contribution in [1.29, 1.82) is 5.41 Å². The summed E-state index contributed by atoms with van der Waals surface area (Å²) in [6.07, 6.45) is -1.16. The number of amidine groups is 1. The highest BCUT2D eigenvalue weighted by molar-refractivity contribution is 6.32. The smallest absolute Gasteiger partial charge is 0.282 e. The largest absolute Gasteiger partial charge is 0.398 e. The van der Waals surface area contributed by atoms with Crippen molar-refractivity contribution in [1.82, 2.24) is 30.0 Å². The average molecular weight is 619 g/mol. The van der Waals surface area contributed by atoms with Crippen molar-refractivity contribution in [3.8, 4) is 0 Å². The molecule has 2 aliphatic rings. The minimum atomic E-state index is -3.00. The molecule has 0 saturated carbocycles. The maximum Gasteiger partial charge on any atom is 0.282 e. The Morgan fingerprint density at radius 1 is 1.26 bits per heavy atom. The Kier molecular flexibility index (Phi) is 9.51. The number of anilines is 1. The fourth-order valence-electron chi connectivity index (χ4n) is 5.62. The first kappa shape index (κ1) is 32.4. The fourth-order valence-corrected chi connectivity index (χ4v) is 6.07. The number of hydrogen-bond donors (Lipinski definition) is 4. The lowest BCUT2D eigenvalue weighted by Crippen LogP contribution is -2.60. The molecule has 1 unspecified atom stereocenters. The summed E-state index contributed by atoms with van der Waals surface area (Å²) in [6.45, 7) is 15.4. The molecule has 2 amide bonds. The van der Waals surface area contributed by atoms with Gasteiger partial charge in [-0.15, -0.1) is 0 Å². The van der Waals surface area contributed by atoms with Crippen LogP contribution in [0, 0.1) is 5.41 Å². The summed E-state index contributed by atoms with van der Waals surface area (Å²) >= 11 is 6.43. The molecular weight excluding hydrogens is 578 g/mol. The maximum absolute atomic E-state index is 14.4. The normalized spacial score (nSPS) is 17.8. The van der Waals surface area contributed by atoms with Gasteiger partial charge in [0.25, 0.3) is 12.3 Å². The Labute approximate surface area is 256 Å². The Morgan fingerprint density at radius 2 is 1.93 bits per heavy atom. The highest BCUT2D eigenvalue weighted by Gasteiger charge is 2.37. The fraction of sp³-hybridized carbons (Fsp3) is 0.533. The number of aromatic nitrogens is 2. The number of likely N-dealkylation sites (tertiary alicyclic amines) is 2. The SMILES string of the molecule is C=CC(=O)N1CC(NC(=O)c2c(C(F)F)nc(CNC(=N)c3cc(C(C)(C)C)c(Cl)cc3N)n2C2CCN(C(C)C)C2)C1. The number of carbonyl (C=O) groups is 2. The van der Waals surface area contributed by atoms with E-state index in [1.165, 1.54) is 11.0 Å². The summed E-state index contributed by atoms with van der Waals surface area (Å²) in [4.78, 5) is 33.4. The number of alkyl halides is 2. The number of nitrogens with one attached hydrogen (secondary N) is 3. The highest BCUT2D eigenvalue weighted by Crippen LogP contribution is 2.34. The summed E-state index contributed by atoms with van der Waals surface area (Å²) in [5.74, 6) is -0.716. The molecule has 13 heteroatoms.